The third kappa shape index (κ3) is 9.46. The number of benzene rings is 2. The molecule has 51 heavy (non-hydrogen) atoms. The van der Waals surface area contributed by atoms with Crippen LogP contribution in [0, 0.1) is 11.8 Å². The second-order valence-electron chi connectivity index (χ2n) is 15.3. The van der Waals surface area contributed by atoms with Crippen molar-refractivity contribution in [1.82, 2.24) is 25.0 Å². The maximum atomic E-state index is 13.5. The van der Waals surface area contributed by atoms with Crippen LogP contribution in [0.4, 0.5) is 5.69 Å². The highest BCUT2D eigenvalue weighted by Crippen LogP contribution is 2.29. The molecule has 2 aliphatic rings. The first-order valence-electron chi connectivity index (χ1n) is 18.4. The molecule has 0 radical (unpaired) electrons. The van der Waals surface area contributed by atoms with Crippen molar-refractivity contribution in [3.8, 4) is 11.3 Å². The molecule has 3 N–H and O–H groups in total. The Morgan fingerprint density at radius 2 is 1.47 bits per heavy atom. The zero-order valence-electron chi connectivity index (χ0n) is 30.9. The third-order valence-electron chi connectivity index (χ3n) is 10.2. The summed E-state index contributed by atoms with van der Waals surface area (Å²) in [6, 6.07) is 14.5. The van der Waals surface area contributed by atoms with Crippen molar-refractivity contribution in [2.24, 2.45) is 11.8 Å². The van der Waals surface area contributed by atoms with Crippen LogP contribution in [0.25, 0.3) is 22.2 Å². The molecule has 3 heterocycles. The van der Waals surface area contributed by atoms with Gasteiger partial charge in [-0.1, -0.05) is 53.3 Å². The number of carbonyl (C=O) groups is 4. The number of Topliss-reactive ketones (excluding diaryl/α,β-unsaturated/α-hetero) is 1. The first kappa shape index (κ1) is 39.8. The lowest BCUT2D eigenvalue weighted by Crippen LogP contribution is -2.51. The molecule has 10 nitrogen and oxygen atoms in total. The molecule has 2 aromatic carbocycles. The van der Waals surface area contributed by atoms with Gasteiger partial charge in [0.25, 0.3) is 0 Å². The number of anilines is 1. The highest BCUT2D eigenvalue weighted by Gasteiger charge is 2.38. The lowest BCUT2D eigenvalue weighted by atomic mass is 9.99. The second-order valence-corrected chi connectivity index (χ2v) is 15.3. The van der Waals surface area contributed by atoms with E-state index in [2.05, 4.69) is 55.4 Å². The topological polar surface area (TPSA) is 118 Å². The van der Waals surface area contributed by atoms with Gasteiger partial charge in [0, 0.05) is 41.8 Å². The Labute approximate surface area is 304 Å². The van der Waals surface area contributed by atoms with Crippen molar-refractivity contribution in [2.45, 2.75) is 104 Å². The van der Waals surface area contributed by atoms with Crippen molar-refractivity contribution in [3.05, 3.63) is 54.1 Å². The van der Waals surface area contributed by atoms with Crippen LogP contribution in [0.2, 0.25) is 0 Å². The number of nitrogens with zero attached hydrogens (tertiary/aromatic N) is 3. The van der Waals surface area contributed by atoms with Crippen LogP contribution < -0.4 is 10.6 Å². The van der Waals surface area contributed by atoms with Gasteiger partial charge in [0.1, 0.15) is 6.04 Å². The quantitative estimate of drug-likeness (QED) is 0.187. The predicted molar refractivity (Wildman–Crippen MR) is 207 cm³/mol. The fourth-order valence-corrected chi connectivity index (χ4v) is 7.58. The van der Waals surface area contributed by atoms with Crippen molar-refractivity contribution in [1.29, 1.82) is 0 Å². The Morgan fingerprint density at radius 1 is 0.843 bits per heavy atom. The summed E-state index contributed by atoms with van der Waals surface area (Å²) in [6.45, 7) is 9.66. The SMILES string of the molecule is C.CN[C@H](CC(C)C)C(=O)N1CCC[C@H]1C(=O)Cc1ccc2[nH]c(-c3ccc(NC(=O)[C@@H]4CCCN4C(=O)[C@@H](CC(C)C)N(C)C)cc3)cc2c1. The van der Waals surface area contributed by atoms with Gasteiger partial charge >= 0.3 is 0 Å². The lowest BCUT2D eigenvalue weighted by Gasteiger charge is -2.32. The van der Waals surface area contributed by atoms with Crippen molar-refractivity contribution in [3.63, 3.8) is 0 Å². The van der Waals surface area contributed by atoms with Gasteiger partial charge in [0.2, 0.25) is 17.7 Å². The molecule has 2 aliphatic heterocycles. The van der Waals surface area contributed by atoms with Crippen LogP contribution >= 0.6 is 0 Å². The molecule has 3 aromatic rings. The van der Waals surface area contributed by atoms with Gasteiger partial charge in [-0.3, -0.25) is 24.1 Å². The van der Waals surface area contributed by atoms with Gasteiger partial charge in [-0.05, 0) is 113 Å². The molecule has 278 valence electrons. The Balaban J connectivity index is 0.00000583. The summed E-state index contributed by atoms with van der Waals surface area (Å²) in [5, 5.41) is 7.21. The van der Waals surface area contributed by atoms with E-state index in [1.54, 1.807) is 9.80 Å². The molecule has 1 aromatic heterocycles. The summed E-state index contributed by atoms with van der Waals surface area (Å²) in [4.78, 5) is 62.6. The highest BCUT2D eigenvalue weighted by molar-refractivity contribution is 5.98. The molecule has 2 fully saturated rings. The van der Waals surface area contributed by atoms with E-state index in [0.717, 1.165) is 53.4 Å². The Hall–Kier alpha value is -4.02. The average molecular weight is 701 g/mol. The fourth-order valence-electron chi connectivity index (χ4n) is 7.58. The van der Waals surface area contributed by atoms with E-state index in [9.17, 15) is 19.2 Å². The third-order valence-corrected chi connectivity index (χ3v) is 10.2. The fraction of sp³-hybridized carbons (Fsp3) is 0.561. The van der Waals surface area contributed by atoms with Gasteiger partial charge < -0.3 is 25.4 Å². The molecule has 5 rings (SSSR count). The first-order chi connectivity index (χ1) is 23.9. The largest absolute Gasteiger partial charge is 0.355 e. The number of nitrogens with one attached hydrogen (secondary N) is 3. The van der Waals surface area contributed by atoms with E-state index in [4.69, 9.17) is 0 Å². The van der Waals surface area contributed by atoms with E-state index < -0.39 is 6.04 Å². The number of amides is 3. The number of likely N-dealkylation sites (tertiary alicyclic amines) is 2. The van der Waals surface area contributed by atoms with Crippen molar-refractivity contribution in [2.75, 3.05) is 39.5 Å². The van der Waals surface area contributed by atoms with E-state index in [-0.39, 0.29) is 55.5 Å². The average Bonchev–Trinajstić information content (AvgIpc) is 3.85. The summed E-state index contributed by atoms with van der Waals surface area (Å²) in [7, 11) is 5.66. The number of fused-ring (bicyclic) bond motifs is 1. The lowest BCUT2D eigenvalue weighted by molar-refractivity contribution is -0.141. The smallest absolute Gasteiger partial charge is 0.247 e. The Morgan fingerprint density at radius 3 is 2.08 bits per heavy atom. The number of hydrogen-bond donors (Lipinski definition) is 3. The van der Waals surface area contributed by atoms with Crippen LogP contribution in [0.1, 0.15) is 79.2 Å². The van der Waals surface area contributed by atoms with Crippen LogP contribution in [0.3, 0.4) is 0 Å². The number of H-pyrrole nitrogens is 1. The normalized spacial score (nSPS) is 18.8. The van der Waals surface area contributed by atoms with Crippen LogP contribution in [0.5, 0.6) is 0 Å². The Kier molecular flexibility index (Phi) is 13.6. The standard InChI is InChI=1S/C40H56N6O4.CH4/c1-25(2)20-33(41-5)39(49)45-18-8-10-34(45)37(47)23-27-12-17-31-29(22-27)24-32(43-31)28-13-15-30(16-14-28)42-38(48)35-11-9-19-46(35)40(50)36(44(6)7)21-26(3)4;/h12-17,22,24-26,33-36,41,43H,8-11,18-21,23H2,1-7H3,(H,42,48);1H4/t33-,34+,35+,36-;/m1./s1. The molecule has 0 unspecified atom stereocenters. The maximum absolute atomic E-state index is 13.5. The molecule has 3 amide bonds. The van der Waals surface area contributed by atoms with E-state index in [1.165, 1.54) is 0 Å². The minimum Gasteiger partial charge on any atom is -0.355 e. The van der Waals surface area contributed by atoms with Crippen LogP contribution in [-0.4, -0.2) is 102 Å². The molecule has 0 spiro atoms. The number of aromatic amines is 1. The number of hydrogen-bond acceptors (Lipinski definition) is 6. The molecular formula is C41H60N6O4. The van der Waals surface area contributed by atoms with Crippen molar-refractivity contribution < 1.29 is 19.2 Å². The minimum atomic E-state index is -0.473. The predicted octanol–water partition coefficient (Wildman–Crippen LogP) is 6.11. The monoisotopic (exact) mass is 700 g/mol. The molecule has 0 bridgehead atoms. The van der Waals surface area contributed by atoms with Crippen LogP contribution in [0.15, 0.2) is 48.5 Å². The molecule has 0 aliphatic carbocycles. The zero-order chi connectivity index (χ0) is 36.1. The van der Waals surface area contributed by atoms with Crippen molar-refractivity contribution >= 4 is 40.1 Å². The minimum absolute atomic E-state index is 0. The van der Waals surface area contributed by atoms with Gasteiger partial charge in [-0.15, -0.1) is 0 Å². The number of aromatic nitrogens is 1. The highest BCUT2D eigenvalue weighted by atomic mass is 16.2. The van der Waals surface area contributed by atoms with E-state index in [1.807, 2.05) is 62.4 Å². The summed E-state index contributed by atoms with van der Waals surface area (Å²) >= 11 is 0. The maximum Gasteiger partial charge on any atom is 0.247 e. The number of rotatable bonds is 14. The first-order valence-corrected chi connectivity index (χ1v) is 18.4. The van der Waals surface area contributed by atoms with Gasteiger partial charge in [0.15, 0.2) is 5.78 Å². The van der Waals surface area contributed by atoms with Gasteiger partial charge in [0.05, 0.1) is 18.1 Å². The molecule has 4 atom stereocenters. The molecule has 0 saturated carbocycles. The van der Waals surface area contributed by atoms with Crippen LogP contribution in [-0.2, 0) is 25.6 Å². The number of carbonyl (C=O) groups excluding carboxylic acids is 4. The van der Waals surface area contributed by atoms with E-state index in [0.29, 0.717) is 43.5 Å². The number of ketones is 1. The summed E-state index contributed by atoms with van der Waals surface area (Å²) in [6.07, 6.45) is 4.81. The van der Waals surface area contributed by atoms with E-state index >= 15 is 0 Å². The summed E-state index contributed by atoms with van der Waals surface area (Å²) in [5.41, 5.74) is 4.49. The van der Waals surface area contributed by atoms with Gasteiger partial charge in [-0.25, -0.2) is 0 Å². The second kappa shape index (κ2) is 17.5. The summed E-state index contributed by atoms with van der Waals surface area (Å²) < 4.78 is 0. The molecule has 2 saturated heterocycles. The van der Waals surface area contributed by atoms with Gasteiger partial charge in [-0.2, -0.15) is 0 Å². The summed E-state index contributed by atoms with van der Waals surface area (Å²) in [5.74, 6) is 0.743. The number of likely N-dealkylation sites (N-methyl/N-ethyl adjacent to an activating group) is 2. The zero-order valence-corrected chi connectivity index (χ0v) is 30.9. The molecular weight excluding hydrogens is 640 g/mol. The Bertz CT molecular complexity index is 1660. The molecule has 10 heteroatoms.